The van der Waals surface area contributed by atoms with Crippen molar-refractivity contribution >= 4 is 15.9 Å². The van der Waals surface area contributed by atoms with Gasteiger partial charge in [0.25, 0.3) is 0 Å². The lowest BCUT2D eigenvalue weighted by Crippen LogP contribution is -2.47. The van der Waals surface area contributed by atoms with E-state index in [4.69, 9.17) is 0 Å². The van der Waals surface area contributed by atoms with Crippen molar-refractivity contribution in [3.8, 4) is 0 Å². The summed E-state index contributed by atoms with van der Waals surface area (Å²) in [5.74, 6) is 1.03. The maximum absolute atomic E-state index is 11.7. The Hall–Kier alpha value is -0.780. The van der Waals surface area contributed by atoms with Gasteiger partial charge in [0.05, 0.1) is 11.5 Å². The molecule has 0 aromatic rings. The summed E-state index contributed by atoms with van der Waals surface area (Å²) < 4.78 is 22.6. The largest absolute Gasteiger partial charge is 0.335 e. The van der Waals surface area contributed by atoms with Crippen LogP contribution in [0.2, 0.25) is 0 Å². The first-order valence-corrected chi connectivity index (χ1v) is 8.54. The first-order chi connectivity index (χ1) is 8.44. The summed E-state index contributed by atoms with van der Waals surface area (Å²) in [5.41, 5.74) is 0. The zero-order valence-corrected chi connectivity index (χ0v) is 11.6. The molecule has 1 atom stereocenters. The van der Waals surface area contributed by atoms with E-state index in [0.717, 1.165) is 31.6 Å². The van der Waals surface area contributed by atoms with Gasteiger partial charge in [-0.25, -0.2) is 13.2 Å². The van der Waals surface area contributed by atoms with Crippen molar-refractivity contribution in [1.29, 1.82) is 0 Å². The summed E-state index contributed by atoms with van der Waals surface area (Å²) in [4.78, 5) is 11.7. The summed E-state index contributed by atoms with van der Waals surface area (Å²) in [6.07, 6.45) is 4.90. The average molecular weight is 274 g/mol. The minimum absolute atomic E-state index is 0.0854. The van der Waals surface area contributed by atoms with Crippen LogP contribution < -0.4 is 10.6 Å². The van der Waals surface area contributed by atoms with E-state index in [-0.39, 0.29) is 29.6 Å². The highest BCUT2D eigenvalue weighted by Crippen LogP contribution is 2.23. The number of carbonyl (C=O) groups excluding carboxylic acids is 1. The molecule has 104 valence electrons. The second-order valence-electron chi connectivity index (χ2n) is 5.67. The Kier molecular flexibility index (Phi) is 4.14. The molecular weight excluding hydrogens is 252 g/mol. The molecule has 1 heterocycles. The van der Waals surface area contributed by atoms with Gasteiger partial charge in [0, 0.05) is 12.1 Å². The molecule has 1 aliphatic heterocycles. The Balaban J connectivity index is 1.73. The zero-order valence-electron chi connectivity index (χ0n) is 10.8. The highest BCUT2D eigenvalue weighted by molar-refractivity contribution is 7.91. The van der Waals surface area contributed by atoms with Crippen LogP contribution in [0.25, 0.3) is 0 Å². The molecule has 2 aliphatic rings. The van der Waals surface area contributed by atoms with Crippen molar-refractivity contribution in [3.63, 3.8) is 0 Å². The molecule has 1 saturated heterocycles. The predicted octanol–water partition coefficient (Wildman–Crippen LogP) is 1.05. The molecule has 0 aromatic carbocycles. The molecule has 2 fully saturated rings. The molecule has 0 unspecified atom stereocenters. The van der Waals surface area contributed by atoms with E-state index in [1.807, 2.05) is 0 Å². The van der Waals surface area contributed by atoms with E-state index in [0.29, 0.717) is 6.42 Å². The minimum atomic E-state index is -2.92. The van der Waals surface area contributed by atoms with Crippen molar-refractivity contribution in [3.05, 3.63) is 0 Å². The number of hydrogen-bond donors (Lipinski definition) is 2. The molecule has 18 heavy (non-hydrogen) atoms. The molecule has 5 nitrogen and oxygen atoms in total. The maximum Gasteiger partial charge on any atom is 0.315 e. The molecule has 1 aliphatic carbocycles. The van der Waals surface area contributed by atoms with E-state index in [1.165, 1.54) is 0 Å². The van der Waals surface area contributed by atoms with Crippen molar-refractivity contribution in [2.75, 3.05) is 11.5 Å². The lowest BCUT2D eigenvalue weighted by atomic mass is 9.87. The first kappa shape index (κ1) is 13.6. The summed E-state index contributed by atoms with van der Waals surface area (Å²) >= 11 is 0. The summed E-state index contributed by atoms with van der Waals surface area (Å²) in [5, 5.41) is 5.71. The molecule has 2 amide bonds. The number of rotatable bonds is 2. The fourth-order valence-corrected chi connectivity index (χ4v) is 4.40. The van der Waals surface area contributed by atoms with Crippen LogP contribution in [-0.4, -0.2) is 38.0 Å². The molecule has 0 bridgehead atoms. The monoisotopic (exact) mass is 274 g/mol. The van der Waals surface area contributed by atoms with Crippen LogP contribution in [0.3, 0.4) is 0 Å². The van der Waals surface area contributed by atoms with E-state index in [1.54, 1.807) is 0 Å². The topological polar surface area (TPSA) is 75.3 Å². The highest BCUT2D eigenvalue weighted by atomic mass is 32.2. The Morgan fingerprint density at radius 1 is 1.00 bits per heavy atom. The van der Waals surface area contributed by atoms with Crippen molar-refractivity contribution in [1.82, 2.24) is 10.6 Å². The van der Waals surface area contributed by atoms with Crippen LogP contribution in [0.5, 0.6) is 0 Å². The molecule has 6 heteroatoms. The SMILES string of the molecule is CC1CCC(NC(=O)N[C@H]2CCS(=O)(=O)C2)CC1. The fraction of sp³-hybridized carbons (Fsp3) is 0.917. The number of sulfone groups is 1. The smallest absolute Gasteiger partial charge is 0.315 e. The number of carbonyl (C=O) groups is 1. The molecule has 0 spiro atoms. The lowest BCUT2D eigenvalue weighted by molar-refractivity contribution is 0.226. The predicted molar refractivity (Wildman–Crippen MR) is 70.1 cm³/mol. The van der Waals surface area contributed by atoms with Crippen LogP contribution in [0.1, 0.15) is 39.0 Å². The van der Waals surface area contributed by atoms with Gasteiger partial charge in [-0.2, -0.15) is 0 Å². The van der Waals surface area contributed by atoms with E-state index >= 15 is 0 Å². The summed E-state index contributed by atoms with van der Waals surface area (Å²) in [6.45, 7) is 2.24. The zero-order chi connectivity index (χ0) is 13.2. The molecule has 2 rings (SSSR count). The average Bonchev–Trinajstić information content (AvgIpc) is 2.61. The van der Waals surface area contributed by atoms with E-state index < -0.39 is 9.84 Å². The van der Waals surface area contributed by atoms with Crippen LogP contribution in [-0.2, 0) is 9.84 Å². The minimum Gasteiger partial charge on any atom is -0.335 e. The van der Waals surface area contributed by atoms with Gasteiger partial charge in [0.1, 0.15) is 0 Å². The van der Waals surface area contributed by atoms with E-state index in [9.17, 15) is 13.2 Å². The van der Waals surface area contributed by atoms with Gasteiger partial charge >= 0.3 is 6.03 Å². The van der Waals surface area contributed by atoms with Gasteiger partial charge < -0.3 is 10.6 Å². The number of hydrogen-bond acceptors (Lipinski definition) is 3. The van der Waals surface area contributed by atoms with Gasteiger partial charge in [-0.15, -0.1) is 0 Å². The molecule has 2 N–H and O–H groups in total. The molecular formula is C12H22N2O3S. The standard InChI is InChI=1S/C12H22N2O3S/c1-9-2-4-10(5-3-9)13-12(15)14-11-6-7-18(16,17)8-11/h9-11H,2-8H2,1H3,(H2,13,14,15)/t9?,10?,11-/m0/s1. The van der Waals surface area contributed by atoms with Gasteiger partial charge in [-0.1, -0.05) is 6.92 Å². The maximum atomic E-state index is 11.7. The second-order valence-corrected chi connectivity index (χ2v) is 7.90. The fourth-order valence-electron chi connectivity index (χ4n) is 2.73. The Morgan fingerprint density at radius 3 is 2.17 bits per heavy atom. The Bertz CT molecular complexity index is 400. The first-order valence-electron chi connectivity index (χ1n) is 6.72. The number of urea groups is 1. The van der Waals surface area contributed by atoms with Gasteiger partial charge in [-0.05, 0) is 38.0 Å². The van der Waals surface area contributed by atoms with Gasteiger partial charge in [-0.3, -0.25) is 0 Å². The molecule has 0 radical (unpaired) electrons. The van der Waals surface area contributed by atoms with Crippen molar-refractivity contribution < 1.29 is 13.2 Å². The quantitative estimate of drug-likeness (QED) is 0.790. The second kappa shape index (κ2) is 5.47. The van der Waals surface area contributed by atoms with Crippen molar-refractivity contribution in [2.24, 2.45) is 5.92 Å². The Labute approximate surface area is 109 Å². The summed E-state index contributed by atoms with van der Waals surface area (Å²) in [6, 6.07) is -0.173. The third kappa shape index (κ3) is 3.86. The van der Waals surface area contributed by atoms with Gasteiger partial charge in [0.15, 0.2) is 9.84 Å². The number of amides is 2. The third-order valence-electron chi connectivity index (χ3n) is 3.92. The van der Waals surface area contributed by atoms with Crippen LogP contribution in [0.15, 0.2) is 0 Å². The third-order valence-corrected chi connectivity index (χ3v) is 5.69. The van der Waals surface area contributed by atoms with Crippen LogP contribution in [0.4, 0.5) is 4.79 Å². The van der Waals surface area contributed by atoms with Crippen molar-refractivity contribution in [2.45, 2.75) is 51.1 Å². The van der Waals surface area contributed by atoms with E-state index in [2.05, 4.69) is 17.6 Å². The summed E-state index contributed by atoms with van der Waals surface area (Å²) in [7, 11) is -2.92. The Morgan fingerprint density at radius 2 is 1.61 bits per heavy atom. The van der Waals surface area contributed by atoms with Crippen LogP contribution in [0, 0.1) is 5.92 Å². The van der Waals surface area contributed by atoms with Gasteiger partial charge in [0.2, 0.25) is 0 Å². The normalized spacial score (nSPS) is 35.1. The lowest BCUT2D eigenvalue weighted by Gasteiger charge is -2.27. The molecule has 0 aromatic heterocycles. The number of nitrogens with one attached hydrogen (secondary N) is 2. The molecule has 1 saturated carbocycles. The van der Waals surface area contributed by atoms with Crippen LogP contribution >= 0.6 is 0 Å². The highest BCUT2D eigenvalue weighted by Gasteiger charge is 2.29.